The zero-order valence-electron chi connectivity index (χ0n) is 11.8. The van der Waals surface area contributed by atoms with E-state index in [1.165, 1.54) is 25.7 Å². The SMILES string of the molecule is CNC(=O)c1ccc(N)cc1NCC1(C)CCCC1. The van der Waals surface area contributed by atoms with Crippen molar-refractivity contribution < 1.29 is 4.79 Å². The van der Waals surface area contributed by atoms with Gasteiger partial charge >= 0.3 is 0 Å². The first kappa shape index (κ1) is 13.7. The van der Waals surface area contributed by atoms with Crippen LogP contribution >= 0.6 is 0 Å². The highest BCUT2D eigenvalue weighted by atomic mass is 16.1. The monoisotopic (exact) mass is 261 g/mol. The van der Waals surface area contributed by atoms with Crippen LogP contribution in [-0.4, -0.2) is 19.5 Å². The number of nitrogens with one attached hydrogen (secondary N) is 2. The summed E-state index contributed by atoms with van der Waals surface area (Å²) in [5, 5.41) is 6.07. The van der Waals surface area contributed by atoms with E-state index in [-0.39, 0.29) is 5.91 Å². The van der Waals surface area contributed by atoms with Crippen molar-refractivity contribution in [3.05, 3.63) is 23.8 Å². The number of carbonyl (C=O) groups is 1. The van der Waals surface area contributed by atoms with E-state index in [4.69, 9.17) is 5.73 Å². The van der Waals surface area contributed by atoms with Crippen molar-refractivity contribution in [1.29, 1.82) is 0 Å². The molecular weight excluding hydrogens is 238 g/mol. The van der Waals surface area contributed by atoms with Crippen molar-refractivity contribution in [2.45, 2.75) is 32.6 Å². The summed E-state index contributed by atoms with van der Waals surface area (Å²) in [7, 11) is 1.64. The van der Waals surface area contributed by atoms with Crippen LogP contribution in [0.3, 0.4) is 0 Å². The van der Waals surface area contributed by atoms with Gasteiger partial charge in [0.25, 0.3) is 5.91 Å². The summed E-state index contributed by atoms with van der Waals surface area (Å²) in [5.74, 6) is -0.0842. The second-order valence-electron chi connectivity index (χ2n) is 5.76. The van der Waals surface area contributed by atoms with E-state index in [9.17, 15) is 4.79 Å². The average Bonchev–Trinajstić information content (AvgIpc) is 2.83. The normalized spacial score (nSPS) is 17.2. The topological polar surface area (TPSA) is 67.2 Å². The van der Waals surface area contributed by atoms with E-state index in [1.54, 1.807) is 19.2 Å². The molecule has 1 aromatic rings. The highest BCUT2D eigenvalue weighted by molar-refractivity contribution is 6.00. The van der Waals surface area contributed by atoms with Crippen LogP contribution in [0.5, 0.6) is 0 Å². The van der Waals surface area contributed by atoms with E-state index in [0.29, 0.717) is 16.7 Å². The number of amides is 1. The van der Waals surface area contributed by atoms with Gasteiger partial charge in [-0.25, -0.2) is 0 Å². The van der Waals surface area contributed by atoms with Crippen molar-refractivity contribution in [2.75, 3.05) is 24.6 Å². The van der Waals surface area contributed by atoms with Gasteiger partial charge in [0.2, 0.25) is 0 Å². The van der Waals surface area contributed by atoms with Crippen molar-refractivity contribution >= 4 is 17.3 Å². The molecule has 1 fully saturated rings. The summed E-state index contributed by atoms with van der Waals surface area (Å²) in [5.41, 5.74) is 8.30. The van der Waals surface area contributed by atoms with E-state index >= 15 is 0 Å². The summed E-state index contributed by atoms with van der Waals surface area (Å²) in [6.45, 7) is 3.19. The minimum atomic E-state index is -0.0842. The van der Waals surface area contributed by atoms with Gasteiger partial charge in [-0.05, 0) is 36.5 Å². The summed E-state index contributed by atoms with van der Waals surface area (Å²) in [6, 6.07) is 5.36. The van der Waals surface area contributed by atoms with Crippen LogP contribution in [-0.2, 0) is 0 Å². The molecule has 0 bridgehead atoms. The minimum Gasteiger partial charge on any atom is -0.399 e. The molecule has 4 heteroatoms. The van der Waals surface area contributed by atoms with Gasteiger partial charge in [0.05, 0.1) is 5.56 Å². The van der Waals surface area contributed by atoms with Gasteiger partial charge in [-0.15, -0.1) is 0 Å². The molecule has 4 N–H and O–H groups in total. The Labute approximate surface area is 114 Å². The Hall–Kier alpha value is -1.71. The fraction of sp³-hybridized carbons (Fsp3) is 0.533. The van der Waals surface area contributed by atoms with Crippen molar-refractivity contribution in [1.82, 2.24) is 5.32 Å². The Morgan fingerprint density at radius 1 is 1.37 bits per heavy atom. The van der Waals surface area contributed by atoms with Gasteiger partial charge in [-0.2, -0.15) is 0 Å². The Morgan fingerprint density at radius 2 is 2.05 bits per heavy atom. The third-order valence-corrected chi connectivity index (χ3v) is 4.03. The highest BCUT2D eigenvalue weighted by Crippen LogP contribution is 2.37. The lowest BCUT2D eigenvalue weighted by Crippen LogP contribution is -2.25. The zero-order chi connectivity index (χ0) is 13.9. The van der Waals surface area contributed by atoms with Crippen LogP contribution in [0.2, 0.25) is 0 Å². The minimum absolute atomic E-state index is 0.0842. The fourth-order valence-electron chi connectivity index (χ4n) is 2.75. The largest absolute Gasteiger partial charge is 0.399 e. The number of hydrogen-bond acceptors (Lipinski definition) is 3. The molecule has 0 aromatic heterocycles. The van der Waals surface area contributed by atoms with Gasteiger partial charge in [0.15, 0.2) is 0 Å². The quantitative estimate of drug-likeness (QED) is 0.730. The molecule has 0 saturated heterocycles. The first-order valence-corrected chi connectivity index (χ1v) is 6.90. The van der Waals surface area contributed by atoms with Crippen LogP contribution in [0.15, 0.2) is 18.2 Å². The molecule has 0 atom stereocenters. The first-order valence-electron chi connectivity index (χ1n) is 6.90. The molecule has 1 aliphatic rings. The molecule has 1 aromatic carbocycles. The molecule has 1 amide bonds. The molecule has 19 heavy (non-hydrogen) atoms. The molecule has 104 valence electrons. The second-order valence-corrected chi connectivity index (χ2v) is 5.76. The number of carbonyl (C=O) groups excluding carboxylic acids is 1. The maximum atomic E-state index is 11.8. The number of anilines is 2. The predicted octanol–water partition coefficient (Wildman–Crippen LogP) is 2.62. The first-order chi connectivity index (χ1) is 9.04. The molecule has 0 heterocycles. The lowest BCUT2D eigenvalue weighted by molar-refractivity contribution is 0.0964. The molecule has 2 rings (SSSR count). The van der Waals surface area contributed by atoms with Gasteiger partial charge in [0.1, 0.15) is 0 Å². The summed E-state index contributed by atoms with van der Waals surface area (Å²) >= 11 is 0. The van der Waals surface area contributed by atoms with Crippen LogP contribution < -0.4 is 16.4 Å². The molecule has 1 saturated carbocycles. The average molecular weight is 261 g/mol. The summed E-state index contributed by atoms with van der Waals surface area (Å²) in [4.78, 5) is 11.8. The number of hydrogen-bond donors (Lipinski definition) is 3. The lowest BCUT2D eigenvalue weighted by atomic mass is 9.89. The smallest absolute Gasteiger partial charge is 0.253 e. The van der Waals surface area contributed by atoms with Crippen LogP contribution in [0.25, 0.3) is 0 Å². The van der Waals surface area contributed by atoms with E-state index < -0.39 is 0 Å². The van der Waals surface area contributed by atoms with E-state index in [1.807, 2.05) is 6.07 Å². The Kier molecular flexibility index (Phi) is 3.98. The number of rotatable bonds is 4. The molecule has 0 radical (unpaired) electrons. The lowest BCUT2D eigenvalue weighted by Gasteiger charge is -2.25. The van der Waals surface area contributed by atoms with Crippen molar-refractivity contribution in [2.24, 2.45) is 5.41 Å². The summed E-state index contributed by atoms with van der Waals surface area (Å²) in [6.07, 6.45) is 5.10. The molecule has 0 aliphatic heterocycles. The third kappa shape index (κ3) is 3.19. The van der Waals surface area contributed by atoms with Crippen LogP contribution in [0, 0.1) is 5.41 Å². The Balaban J connectivity index is 2.14. The number of benzene rings is 1. The standard InChI is InChI=1S/C15H23N3O/c1-15(7-3-4-8-15)10-18-13-9-11(16)5-6-12(13)14(19)17-2/h5-6,9,18H,3-4,7-8,10,16H2,1-2H3,(H,17,19). The van der Waals surface area contributed by atoms with Crippen molar-refractivity contribution in [3.8, 4) is 0 Å². The fourth-order valence-corrected chi connectivity index (χ4v) is 2.75. The van der Waals surface area contributed by atoms with Crippen LogP contribution in [0.4, 0.5) is 11.4 Å². The maximum Gasteiger partial charge on any atom is 0.253 e. The van der Waals surface area contributed by atoms with Gasteiger partial charge in [-0.3, -0.25) is 4.79 Å². The van der Waals surface area contributed by atoms with Gasteiger partial charge in [-0.1, -0.05) is 19.8 Å². The van der Waals surface area contributed by atoms with Gasteiger partial charge < -0.3 is 16.4 Å². The van der Waals surface area contributed by atoms with Crippen LogP contribution in [0.1, 0.15) is 43.0 Å². The van der Waals surface area contributed by atoms with Crippen molar-refractivity contribution in [3.63, 3.8) is 0 Å². The predicted molar refractivity (Wildman–Crippen MR) is 79.3 cm³/mol. The highest BCUT2D eigenvalue weighted by Gasteiger charge is 2.28. The van der Waals surface area contributed by atoms with Gasteiger partial charge in [0, 0.05) is 25.0 Å². The zero-order valence-corrected chi connectivity index (χ0v) is 11.8. The number of nitrogen functional groups attached to an aromatic ring is 1. The molecular formula is C15H23N3O. The Bertz CT molecular complexity index is 464. The molecule has 0 spiro atoms. The van der Waals surface area contributed by atoms with E-state index in [0.717, 1.165) is 12.2 Å². The number of nitrogens with two attached hydrogens (primary N) is 1. The Morgan fingerprint density at radius 3 is 2.68 bits per heavy atom. The molecule has 4 nitrogen and oxygen atoms in total. The third-order valence-electron chi connectivity index (χ3n) is 4.03. The van der Waals surface area contributed by atoms with E-state index in [2.05, 4.69) is 17.6 Å². The maximum absolute atomic E-state index is 11.8. The molecule has 0 unspecified atom stereocenters. The molecule has 1 aliphatic carbocycles. The second kappa shape index (κ2) is 5.51. The summed E-state index contributed by atoms with van der Waals surface area (Å²) < 4.78 is 0.